The number of aliphatic carboxylic acids is 1. The predicted octanol–water partition coefficient (Wildman–Crippen LogP) is 1.20. The SMILES string of the molecule is CC#CCCNC(=O)NC(CC(=O)O)C(C)C. The third kappa shape index (κ3) is 8.14. The van der Waals surface area contributed by atoms with Gasteiger partial charge >= 0.3 is 12.0 Å². The third-order valence-electron chi connectivity index (χ3n) is 2.23. The number of hydrogen-bond acceptors (Lipinski definition) is 2. The number of nitrogens with one attached hydrogen (secondary N) is 2. The Morgan fingerprint density at radius 1 is 1.35 bits per heavy atom. The molecule has 0 aromatic rings. The van der Waals surface area contributed by atoms with Crippen LogP contribution in [-0.4, -0.2) is 29.7 Å². The minimum Gasteiger partial charge on any atom is -0.481 e. The minimum absolute atomic E-state index is 0.0696. The maximum Gasteiger partial charge on any atom is 0.315 e. The summed E-state index contributed by atoms with van der Waals surface area (Å²) in [5.41, 5.74) is 0. The molecule has 0 aliphatic carbocycles. The maximum absolute atomic E-state index is 11.4. The van der Waals surface area contributed by atoms with Gasteiger partial charge in [-0.3, -0.25) is 4.79 Å². The molecule has 96 valence electrons. The zero-order valence-corrected chi connectivity index (χ0v) is 10.5. The third-order valence-corrected chi connectivity index (χ3v) is 2.23. The lowest BCUT2D eigenvalue weighted by atomic mass is 10.0. The number of carboxylic acid groups (broad SMARTS) is 1. The van der Waals surface area contributed by atoms with Crippen molar-refractivity contribution in [3.63, 3.8) is 0 Å². The van der Waals surface area contributed by atoms with Crippen LogP contribution >= 0.6 is 0 Å². The van der Waals surface area contributed by atoms with Gasteiger partial charge in [-0.25, -0.2) is 4.79 Å². The summed E-state index contributed by atoms with van der Waals surface area (Å²) in [5, 5.41) is 14.0. The number of carbonyl (C=O) groups is 2. The number of carbonyl (C=O) groups excluding carboxylic acids is 1. The molecule has 1 atom stereocenters. The highest BCUT2D eigenvalue weighted by atomic mass is 16.4. The van der Waals surface area contributed by atoms with Crippen LogP contribution in [0.3, 0.4) is 0 Å². The van der Waals surface area contributed by atoms with Crippen LogP contribution in [0, 0.1) is 17.8 Å². The fraction of sp³-hybridized carbons (Fsp3) is 0.667. The first kappa shape index (κ1) is 15.3. The standard InChI is InChI=1S/C12H20N2O3/c1-4-5-6-7-13-12(17)14-10(9(2)3)8-11(15)16/h9-10H,6-8H2,1-3H3,(H,15,16)(H2,13,14,17). The van der Waals surface area contributed by atoms with Gasteiger partial charge in [0.25, 0.3) is 0 Å². The Morgan fingerprint density at radius 3 is 2.47 bits per heavy atom. The van der Waals surface area contributed by atoms with E-state index in [9.17, 15) is 9.59 Å². The van der Waals surface area contributed by atoms with Crippen LogP contribution in [0.15, 0.2) is 0 Å². The molecule has 0 aliphatic heterocycles. The molecule has 5 nitrogen and oxygen atoms in total. The van der Waals surface area contributed by atoms with E-state index < -0.39 is 5.97 Å². The second-order valence-corrected chi connectivity index (χ2v) is 4.03. The van der Waals surface area contributed by atoms with Crippen molar-refractivity contribution in [1.82, 2.24) is 10.6 Å². The number of hydrogen-bond donors (Lipinski definition) is 3. The van der Waals surface area contributed by atoms with Gasteiger partial charge in [0.2, 0.25) is 0 Å². The van der Waals surface area contributed by atoms with Crippen molar-refractivity contribution in [2.24, 2.45) is 5.92 Å². The summed E-state index contributed by atoms with van der Waals surface area (Å²) < 4.78 is 0. The molecule has 0 aromatic heterocycles. The van der Waals surface area contributed by atoms with E-state index in [1.54, 1.807) is 6.92 Å². The molecule has 0 saturated heterocycles. The first-order chi connectivity index (χ1) is 7.97. The first-order valence-electron chi connectivity index (χ1n) is 5.63. The van der Waals surface area contributed by atoms with E-state index in [1.807, 2.05) is 13.8 Å². The lowest BCUT2D eigenvalue weighted by Crippen LogP contribution is -2.45. The summed E-state index contributed by atoms with van der Waals surface area (Å²) >= 11 is 0. The van der Waals surface area contributed by atoms with Crippen molar-refractivity contribution >= 4 is 12.0 Å². The minimum atomic E-state index is -0.916. The molecule has 1 unspecified atom stereocenters. The number of urea groups is 1. The summed E-state index contributed by atoms with van der Waals surface area (Å²) in [6, 6.07) is -0.701. The molecule has 0 rings (SSSR count). The molecule has 3 N–H and O–H groups in total. The zero-order chi connectivity index (χ0) is 13.3. The first-order valence-corrected chi connectivity index (χ1v) is 5.63. The molecule has 0 aliphatic rings. The van der Waals surface area contributed by atoms with Crippen LogP contribution in [0.2, 0.25) is 0 Å². The quantitative estimate of drug-likeness (QED) is 0.482. The van der Waals surface area contributed by atoms with Crippen LogP contribution in [0.25, 0.3) is 0 Å². The Hall–Kier alpha value is -1.70. The van der Waals surface area contributed by atoms with Crippen LogP contribution < -0.4 is 10.6 Å². The van der Waals surface area contributed by atoms with Gasteiger partial charge in [0.15, 0.2) is 0 Å². The Labute approximate surface area is 102 Å². The van der Waals surface area contributed by atoms with Crippen molar-refractivity contribution < 1.29 is 14.7 Å². The highest BCUT2D eigenvalue weighted by Crippen LogP contribution is 2.05. The van der Waals surface area contributed by atoms with Crippen LogP contribution in [0.4, 0.5) is 4.79 Å². The van der Waals surface area contributed by atoms with Gasteiger partial charge in [-0.2, -0.15) is 0 Å². The second kappa shape index (κ2) is 8.45. The van der Waals surface area contributed by atoms with E-state index in [0.717, 1.165) is 0 Å². The van der Waals surface area contributed by atoms with Crippen LogP contribution in [-0.2, 0) is 4.79 Å². The highest BCUT2D eigenvalue weighted by molar-refractivity contribution is 5.75. The van der Waals surface area contributed by atoms with Crippen molar-refractivity contribution in [3.05, 3.63) is 0 Å². The fourth-order valence-electron chi connectivity index (χ4n) is 1.22. The Kier molecular flexibility index (Phi) is 7.61. The van der Waals surface area contributed by atoms with Crippen LogP contribution in [0.5, 0.6) is 0 Å². The van der Waals surface area contributed by atoms with Crippen LogP contribution in [0.1, 0.15) is 33.6 Å². The lowest BCUT2D eigenvalue weighted by molar-refractivity contribution is -0.137. The van der Waals surface area contributed by atoms with E-state index in [1.165, 1.54) is 0 Å². The average molecular weight is 240 g/mol. The van der Waals surface area contributed by atoms with Crippen molar-refractivity contribution in [2.75, 3.05) is 6.54 Å². The molecule has 0 bridgehead atoms. The number of amides is 2. The number of carboxylic acids is 1. The lowest BCUT2D eigenvalue weighted by Gasteiger charge is -2.20. The molecule has 5 heteroatoms. The Balaban J connectivity index is 4.02. The van der Waals surface area contributed by atoms with E-state index >= 15 is 0 Å². The monoisotopic (exact) mass is 240 g/mol. The van der Waals surface area contributed by atoms with E-state index in [4.69, 9.17) is 5.11 Å². The zero-order valence-electron chi connectivity index (χ0n) is 10.5. The molecule has 17 heavy (non-hydrogen) atoms. The summed E-state index contributed by atoms with van der Waals surface area (Å²) in [6.45, 7) is 5.94. The fourth-order valence-corrected chi connectivity index (χ4v) is 1.22. The molecular formula is C12H20N2O3. The smallest absolute Gasteiger partial charge is 0.315 e. The predicted molar refractivity (Wildman–Crippen MR) is 65.5 cm³/mol. The second-order valence-electron chi connectivity index (χ2n) is 4.03. The summed E-state index contributed by atoms with van der Waals surface area (Å²) in [6.07, 6.45) is 0.523. The molecule has 0 aromatic carbocycles. The topological polar surface area (TPSA) is 78.4 Å². The molecule has 2 amide bonds. The summed E-state index contributed by atoms with van der Waals surface area (Å²) in [5.74, 6) is 4.71. The van der Waals surface area contributed by atoms with Gasteiger partial charge < -0.3 is 15.7 Å². The molecule has 0 saturated carbocycles. The van der Waals surface area contributed by atoms with Gasteiger partial charge in [-0.15, -0.1) is 11.8 Å². The van der Waals surface area contributed by atoms with Gasteiger partial charge in [0.1, 0.15) is 0 Å². The summed E-state index contributed by atoms with van der Waals surface area (Å²) in [4.78, 5) is 22.0. The van der Waals surface area contributed by atoms with E-state index in [2.05, 4.69) is 22.5 Å². The Morgan fingerprint density at radius 2 is 2.00 bits per heavy atom. The molecular weight excluding hydrogens is 220 g/mol. The highest BCUT2D eigenvalue weighted by Gasteiger charge is 2.18. The van der Waals surface area contributed by atoms with Crippen molar-refractivity contribution in [1.29, 1.82) is 0 Å². The maximum atomic E-state index is 11.4. The van der Waals surface area contributed by atoms with Gasteiger partial charge in [-0.05, 0) is 12.8 Å². The van der Waals surface area contributed by atoms with Crippen molar-refractivity contribution in [2.45, 2.75) is 39.7 Å². The number of rotatable bonds is 6. The average Bonchev–Trinajstić information content (AvgIpc) is 2.22. The van der Waals surface area contributed by atoms with Gasteiger partial charge in [0.05, 0.1) is 6.42 Å². The molecule has 0 fully saturated rings. The van der Waals surface area contributed by atoms with E-state index in [0.29, 0.717) is 13.0 Å². The van der Waals surface area contributed by atoms with Crippen molar-refractivity contribution in [3.8, 4) is 11.8 Å². The van der Waals surface area contributed by atoms with E-state index in [-0.39, 0.29) is 24.4 Å². The summed E-state index contributed by atoms with van der Waals surface area (Å²) in [7, 11) is 0. The molecule has 0 radical (unpaired) electrons. The molecule has 0 heterocycles. The molecule has 0 spiro atoms. The van der Waals surface area contributed by atoms with Gasteiger partial charge in [0, 0.05) is 19.0 Å². The largest absolute Gasteiger partial charge is 0.481 e. The normalized spacial score (nSPS) is 11.3. The van der Waals surface area contributed by atoms with Gasteiger partial charge in [-0.1, -0.05) is 13.8 Å². The Bertz CT molecular complexity index is 315.